The molecule has 10 heteroatoms. The molecule has 0 spiro atoms. The minimum atomic E-state index is 0.258. The number of carbonyl (C=O) groups excluding carboxylic acids is 1. The van der Waals surface area contributed by atoms with Crippen molar-refractivity contribution in [3.05, 3.63) is 119 Å². The van der Waals surface area contributed by atoms with E-state index in [2.05, 4.69) is 39.8 Å². The maximum atomic E-state index is 11.0. The Morgan fingerprint density at radius 3 is 1.98 bits per heavy atom. The average Bonchev–Trinajstić information content (AvgIpc) is 3.11. The summed E-state index contributed by atoms with van der Waals surface area (Å²) in [7, 11) is 4.76. The van der Waals surface area contributed by atoms with Gasteiger partial charge in [0.25, 0.3) is 0 Å². The lowest BCUT2D eigenvalue weighted by Gasteiger charge is -2.14. The Hall–Kier alpha value is -5.90. The third-order valence-electron chi connectivity index (χ3n) is 7.29. The number of hydrazone groups is 1. The van der Waals surface area contributed by atoms with Crippen LogP contribution in [0.5, 0.6) is 28.7 Å². The lowest BCUT2D eigenvalue weighted by atomic mass is 10.0. The maximum absolute atomic E-state index is 11.0. The summed E-state index contributed by atoms with van der Waals surface area (Å²) >= 11 is 0. The molecular formula is C37H36N4O6. The number of methoxy groups -OCH3 is 3. The molecule has 0 fully saturated rings. The van der Waals surface area contributed by atoms with Crippen LogP contribution in [0.15, 0.2) is 96.1 Å². The van der Waals surface area contributed by atoms with E-state index in [-0.39, 0.29) is 13.2 Å². The van der Waals surface area contributed by atoms with Gasteiger partial charge < -0.3 is 23.7 Å². The highest BCUT2D eigenvalue weighted by molar-refractivity contribution is 5.81. The number of para-hydroxylation sites is 1. The normalized spacial score (nSPS) is 10.8. The average molecular weight is 633 g/mol. The highest BCUT2D eigenvalue weighted by Gasteiger charge is 2.13. The fourth-order valence-corrected chi connectivity index (χ4v) is 4.81. The van der Waals surface area contributed by atoms with E-state index in [4.69, 9.17) is 23.7 Å². The van der Waals surface area contributed by atoms with Crippen molar-refractivity contribution in [1.82, 2.24) is 10.2 Å². The van der Waals surface area contributed by atoms with Gasteiger partial charge in [-0.2, -0.15) is 5.10 Å². The minimum absolute atomic E-state index is 0.258. The number of carbonyl (C=O) groups is 1. The molecule has 47 heavy (non-hydrogen) atoms. The van der Waals surface area contributed by atoms with Gasteiger partial charge in [-0.3, -0.25) is 10.2 Å². The number of nitrogens with one attached hydrogen (secondary N) is 1. The second-order valence-electron chi connectivity index (χ2n) is 10.5. The van der Waals surface area contributed by atoms with Gasteiger partial charge in [0.1, 0.15) is 25.2 Å². The molecular weight excluding hydrogens is 596 g/mol. The van der Waals surface area contributed by atoms with Gasteiger partial charge in [-0.15, -0.1) is 10.2 Å². The van der Waals surface area contributed by atoms with Crippen molar-refractivity contribution in [2.45, 2.75) is 13.3 Å². The molecule has 5 rings (SSSR count). The molecule has 0 unspecified atom stereocenters. The van der Waals surface area contributed by atoms with Gasteiger partial charge in [-0.1, -0.05) is 48.0 Å². The fourth-order valence-electron chi connectivity index (χ4n) is 4.81. The zero-order valence-electron chi connectivity index (χ0n) is 26.7. The predicted molar refractivity (Wildman–Crippen MR) is 182 cm³/mol. The van der Waals surface area contributed by atoms with Crippen molar-refractivity contribution in [3.8, 4) is 40.0 Å². The number of rotatable bonds is 15. The van der Waals surface area contributed by atoms with Gasteiger partial charge in [0.15, 0.2) is 28.8 Å². The fraction of sp³-hybridized carbons (Fsp3) is 0.189. The molecule has 1 aromatic heterocycles. The van der Waals surface area contributed by atoms with Crippen molar-refractivity contribution in [3.63, 3.8) is 0 Å². The second-order valence-corrected chi connectivity index (χ2v) is 10.5. The largest absolute Gasteiger partial charge is 0.496 e. The van der Waals surface area contributed by atoms with Gasteiger partial charge in [0, 0.05) is 23.1 Å². The smallest absolute Gasteiger partial charge is 0.172 e. The van der Waals surface area contributed by atoms with Gasteiger partial charge >= 0.3 is 0 Å². The molecule has 5 aromatic rings. The van der Waals surface area contributed by atoms with E-state index < -0.39 is 0 Å². The number of hydrogen-bond acceptors (Lipinski definition) is 10. The van der Waals surface area contributed by atoms with Crippen LogP contribution in [-0.2, 0) is 6.42 Å². The van der Waals surface area contributed by atoms with Crippen LogP contribution < -0.4 is 29.1 Å². The van der Waals surface area contributed by atoms with Gasteiger partial charge in [-0.05, 0) is 66.6 Å². The van der Waals surface area contributed by atoms with E-state index in [0.29, 0.717) is 40.8 Å². The number of aromatic nitrogens is 2. The Kier molecular flexibility index (Phi) is 11.0. The first-order valence-electron chi connectivity index (χ1n) is 14.9. The van der Waals surface area contributed by atoms with E-state index in [9.17, 15) is 4.79 Å². The number of anilines is 1. The Labute approximate surface area is 273 Å². The Morgan fingerprint density at radius 2 is 1.32 bits per heavy atom. The van der Waals surface area contributed by atoms with Crippen LogP contribution >= 0.6 is 0 Å². The zero-order valence-corrected chi connectivity index (χ0v) is 26.7. The van der Waals surface area contributed by atoms with Crippen LogP contribution in [0.3, 0.4) is 0 Å². The Balaban J connectivity index is 1.27. The van der Waals surface area contributed by atoms with E-state index in [1.807, 2.05) is 60.7 Å². The third-order valence-corrected chi connectivity index (χ3v) is 7.29. The molecule has 240 valence electrons. The molecule has 0 radical (unpaired) electrons. The van der Waals surface area contributed by atoms with Gasteiger partial charge in [-0.25, -0.2) is 0 Å². The monoisotopic (exact) mass is 632 g/mol. The summed E-state index contributed by atoms with van der Waals surface area (Å²) in [5.41, 5.74) is 9.22. The summed E-state index contributed by atoms with van der Waals surface area (Å²) < 4.78 is 28.2. The number of aldehydes is 1. The topological polar surface area (TPSA) is 113 Å². The molecule has 0 aliphatic heterocycles. The molecule has 1 heterocycles. The molecule has 0 amide bonds. The van der Waals surface area contributed by atoms with Crippen molar-refractivity contribution >= 4 is 18.3 Å². The number of aryl methyl sites for hydroxylation is 1. The number of nitrogens with zero attached hydrogens (tertiary/aromatic N) is 3. The van der Waals surface area contributed by atoms with E-state index in [1.54, 1.807) is 38.6 Å². The number of hydrogen-bond donors (Lipinski definition) is 1. The standard InChI is InChI=1S/C37H36N4O6/c1-25-9-13-28(14-10-25)31-22-30(21-29-7-5-6-8-32(29)43-2)37(41-39-31)40-38-23-26-11-15-33(35(19-26)44-3)46-17-18-47-34-16-12-27(24-42)20-36(34)45-4/h5-16,19-20,22-24H,17-18,21H2,1-4H3,(H,40,41)/b38-23+. The molecule has 0 aliphatic rings. The molecule has 0 saturated heterocycles. The maximum Gasteiger partial charge on any atom is 0.172 e. The third kappa shape index (κ3) is 8.43. The first-order chi connectivity index (χ1) is 23.0. The van der Waals surface area contributed by atoms with Gasteiger partial charge in [0.2, 0.25) is 0 Å². The first kappa shape index (κ1) is 32.5. The summed E-state index contributed by atoms with van der Waals surface area (Å²) in [6, 6.07) is 28.6. The molecule has 4 aromatic carbocycles. The molecule has 0 saturated carbocycles. The first-order valence-corrected chi connectivity index (χ1v) is 14.9. The quantitative estimate of drug-likeness (QED) is 0.0577. The van der Waals surface area contributed by atoms with Crippen LogP contribution in [0.1, 0.15) is 32.6 Å². The van der Waals surface area contributed by atoms with Crippen molar-refractivity contribution in [2.75, 3.05) is 40.0 Å². The predicted octanol–water partition coefficient (Wildman–Crippen LogP) is 6.78. The van der Waals surface area contributed by atoms with Crippen LogP contribution in [0, 0.1) is 6.92 Å². The second kappa shape index (κ2) is 15.9. The van der Waals surface area contributed by atoms with Gasteiger partial charge in [0.05, 0.1) is 33.2 Å². The van der Waals surface area contributed by atoms with Crippen LogP contribution in [0.4, 0.5) is 5.82 Å². The summed E-state index contributed by atoms with van der Waals surface area (Å²) in [6.45, 7) is 2.57. The van der Waals surface area contributed by atoms with E-state index in [1.165, 1.54) is 12.7 Å². The van der Waals surface area contributed by atoms with Crippen molar-refractivity contribution in [2.24, 2.45) is 5.10 Å². The molecule has 0 atom stereocenters. The molecule has 10 nitrogen and oxygen atoms in total. The zero-order chi connectivity index (χ0) is 33.0. The minimum Gasteiger partial charge on any atom is -0.496 e. The highest BCUT2D eigenvalue weighted by Crippen LogP contribution is 2.30. The summed E-state index contributed by atoms with van der Waals surface area (Å²) in [4.78, 5) is 11.0. The molecule has 0 bridgehead atoms. The Bertz CT molecular complexity index is 1840. The lowest BCUT2D eigenvalue weighted by Crippen LogP contribution is -2.10. The van der Waals surface area contributed by atoms with Crippen molar-refractivity contribution in [1.29, 1.82) is 0 Å². The number of ether oxygens (including phenoxy) is 5. The molecule has 1 N–H and O–H groups in total. The van der Waals surface area contributed by atoms with E-state index >= 15 is 0 Å². The number of benzene rings is 4. The van der Waals surface area contributed by atoms with Crippen LogP contribution in [-0.4, -0.2) is 57.2 Å². The summed E-state index contributed by atoms with van der Waals surface area (Å²) in [6.07, 6.45) is 2.99. The van der Waals surface area contributed by atoms with E-state index in [0.717, 1.165) is 40.0 Å². The SMILES string of the molecule is COc1ccccc1Cc1cc(-c2ccc(C)cc2)nnc1N/N=C/c1ccc(OCCOc2ccc(C=O)cc2OC)c(OC)c1. The summed E-state index contributed by atoms with van der Waals surface area (Å²) in [5.74, 6) is 3.43. The van der Waals surface area contributed by atoms with Crippen molar-refractivity contribution < 1.29 is 28.5 Å². The van der Waals surface area contributed by atoms with Crippen LogP contribution in [0.2, 0.25) is 0 Å². The Morgan fingerprint density at radius 1 is 0.681 bits per heavy atom. The molecule has 0 aliphatic carbocycles. The summed E-state index contributed by atoms with van der Waals surface area (Å²) in [5, 5.41) is 13.4. The van der Waals surface area contributed by atoms with Crippen LogP contribution in [0.25, 0.3) is 11.3 Å². The highest BCUT2D eigenvalue weighted by atomic mass is 16.5. The lowest BCUT2D eigenvalue weighted by molar-refractivity contribution is 0.112.